The van der Waals surface area contributed by atoms with Gasteiger partial charge in [0.25, 0.3) is 6.43 Å². The number of alkyl halides is 2. The van der Waals surface area contributed by atoms with Gasteiger partial charge in [0.05, 0.1) is 18.8 Å². The lowest BCUT2D eigenvalue weighted by molar-refractivity contribution is -0.133. The second-order valence-corrected chi connectivity index (χ2v) is 13.1. The van der Waals surface area contributed by atoms with Crippen LogP contribution in [0.5, 0.6) is 0 Å². The summed E-state index contributed by atoms with van der Waals surface area (Å²) >= 11 is 0. The molecule has 0 radical (unpaired) electrons. The molecule has 2 saturated heterocycles. The number of hydrogen-bond donors (Lipinski definition) is 1. The van der Waals surface area contributed by atoms with Gasteiger partial charge in [0.15, 0.2) is 5.82 Å². The standard InChI is InChI=1S/C33H42F2N8O2/c1-21(44)41-13-9-29-28(20-41)33(38-43(29)25-7-11-40(12-8-25)31(45)6-5-22-16-36-17-22)42-10-3-4-23-14-26(24-18-37-39(2)19-24)27(32(34)35)15-30(23)42/h14-15,18-19,22,25,32,36H,3-13,16-17,20H2,1-2H3. The molecule has 0 atom stereocenters. The number of piperidine rings is 1. The highest BCUT2D eigenvalue weighted by Gasteiger charge is 2.35. The summed E-state index contributed by atoms with van der Waals surface area (Å²) in [4.78, 5) is 31.3. The number of carbonyl (C=O) groups is 2. The summed E-state index contributed by atoms with van der Waals surface area (Å²) in [5.74, 6) is 1.64. The zero-order valence-electron chi connectivity index (χ0n) is 26.1. The zero-order chi connectivity index (χ0) is 31.2. The second-order valence-electron chi connectivity index (χ2n) is 13.1. The Balaban J connectivity index is 1.20. The maximum atomic E-state index is 14.5. The first kappa shape index (κ1) is 29.9. The van der Waals surface area contributed by atoms with E-state index >= 15 is 0 Å². The third kappa shape index (κ3) is 5.73. The van der Waals surface area contributed by atoms with E-state index in [0.717, 1.165) is 73.5 Å². The van der Waals surface area contributed by atoms with Gasteiger partial charge in [-0.2, -0.15) is 10.2 Å². The fraction of sp³-hybridized carbons (Fsp3) is 0.576. The maximum absolute atomic E-state index is 14.5. The SMILES string of the molecule is CC(=O)N1CCc2c(c(N3CCCc4cc(-c5cnn(C)c5)c(C(F)F)cc43)nn2C2CCN(C(=O)CCC3CNC3)CC2)C1. The molecule has 2 fully saturated rings. The Morgan fingerprint density at radius 1 is 1.07 bits per heavy atom. The molecule has 12 heteroatoms. The number of amides is 2. The first-order chi connectivity index (χ1) is 21.8. The van der Waals surface area contributed by atoms with E-state index in [9.17, 15) is 18.4 Å². The van der Waals surface area contributed by atoms with Crippen LogP contribution in [-0.4, -0.2) is 80.4 Å². The Morgan fingerprint density at radius 3 is 2.53 bits per heavy atom. The number of likely N-dealkylation sites (tertiary alicyclic amines) is 1. The molecule has 0 saturated carbocycles. The molecule has 240 valence electrons. The number of fused-ring (bicyclic) bond motifs is 2. The molecule has 0 spiro atoms. The Bertz CT molecular complexity index is 1590. The number of halogens is 2. The fourth-order valence-corrected chi connectivity index (χ4v) is 7.47. The average Bonchev–Trinajstić information content (AvgIpc) is 3.62. The molecule has 45 heavy (non-hydrogen) atoms. The molecular weight excluding hydrogens is 578 g/mol. The van der Waals surface area contributed by atoms with Crippen molar-refractivity contribution in [3.8, 4) is 11.1 Å². The van der Waals surface area contributed by atoms with Crippen LogP contribution in [0.2, 0.25) is 0 Å². The smallest absolute Gasteiger partial charge is 0.264 e. The van der Waals surface area contributed by atoms with Crippen molar-refractivity contribution in [2.75, 3.05) is 44.2 Å². The Hall–Kier alpha value is -3.80. The highest BCUT2D eigenvalue weighted by molar-refractivity contribution is 5.78. The van der Waals surface area contributed by atoms with Gasteiger partial charge in [0.2, 0.25) is 11.8 Å². The third-order valence-electron chi connectivity index (χ3n) is 10.2. The van der Waals surface area contributed by atoms with E-state index in [2.05, 4.69) is 20.0 Å². The van der Waals surface area contributed by atoms with Crippen molar-refractivity contribution in [3.63, 3.8) is 0 Å². The Kier molecular flexibility index (Phi) is 8.09. The van der Waals surface area contributed by atoms with Crippen molar-refractivity contribution in [2.45, 2.75) is 70.9 Å². The molecular formula is C33H42F2N8O2. The number of nitrogens with one attached hydrogen (secondary N) is 1. The van der Waals surface area contributed by atoms with E-state index < -0.39 is 6.43 Å². The van der Waals surface area contributed by atoms with Crippen LogP contribution in [0.4, 0.5) is 20.3 Å². The summed E-state index contributed by atoms with van der Waals surface area (Å²) in [5.41, 5.74) is 5.08. The molecule has 2 aromatic heterocycles. The molecule has 4 aliphatic rings. The normalized spacial score (nSPS) is 19.1. The van der Waals surface area contributed by atoms with Crippen LogP contribution in [0.15, 0.2) is 24.5 Å². The molecule has 1 N–H and O–H groups in total. The van der Waals surface area contributed by atoms with Crippen molar-refractivity contribution in [1.82, 2.24) is 34.7 Å². The number of carbonyl (C=O) groups excluding carboxylic acids is 2. The van der Waals surface area contributed by atoms with Crippen LogP contribution in [0.3, 0.4) is 0 Å². The minimum absolute atomic E-state index is 0.0158. The molecule has 0 aliphatic carbocycles. The topological polar surface area (TPSA) is 91.5 Å². The van der Waals surface area contributed by atoms with Gasteiger partial charge in [-0.15, -0.1) is 0 Å². The van der Waals surface area contributed by atoms with Crippen molar-refractivity contribution in [3.05, 3.63) is 46.9 Å². The van der Waals surface area contributed by atoms with Crippen LogP contribution in [-0.2, 0) is 36.0 Å². The molecule has 1 aromatic carbocycles. The molecule has 0 unspecified atom stereocenters. The lowest BCUT2D eigenvalue weighted by atomic mass is 9.92. The van der Waals surface area contributed by atoms with Crippen LogP contribution < -0.4 is 10.2 Å². The van der Waals surface area contributed by atoms with E-state index in [0.29, 0.717) is 62.6 Å². The van der Waals surface area contributed by atoms with E-state index in [1.54, 1.807) is 37.1 Å². The van der Waals surface area contributed by atoms with Gasteiger partial charge >= 0.3 is 0 Å². The van der Waals surface area contributed by atoms with Crippen LogP contribution in [0.1, 0.15) is 73.9 Å². The van der Waals surface area contributed by atoms with E-state index in [1.165, 1.54) is 0 Å². The minimum atomic E-state index is -2.65. The molecule has 6 heterocycles. The van der Waals surface area contributed by atoms with E-state index in [-0.39, 0.29) is 23.4 Å². The van der Waals surface area contributed by atoms with E-state index in [4.69, 9.17) is 5.10 Å². The number of rotatable bonds is 7. The molecule has 10 nitrogen and oxygen atoms in total. The summed E-state index contributed by atoms with van der Waals surface area (Å²) in [6.45, 7) is 6.77. The lowest BCUT2D eigenvalue weighted by Gasteiger charge is -2.34. The number of hydrogen-bond acceptors (Lipinski definition) is 6. The van der Waals surface area contributed by atoms with Gasteiger partial charge < -0.3 is 20.0 Å². The van der Waals surface area contributed by atoms with Crippen molar-refractivity contribution in [1.29, 1.82) is 0 Å². The maximum Gasteiger partial charge on any atom is 0.264 e. The predicted octanol–water partition coefficient (Wildman–Crippen LogP) is 4.37. The summed E-state index contributed by atoms with van der Waals surface area (Å²) < 4.78 is 32.9. The highest BCUT2D eigenvalue weighted by atomic mass is 19.3. The van der Waals surface area contributed by atoms with Gasteiger partial charge in [0, 0.05) is 87.3 Å². The quantitative estimate of drug-likeness (QED) is 0.422. The molecule has 3 aromatic rings. The number of aryl methyl sites for hydroxylation is 2. The first-order valence-corrected chi connectivity index (χ1v) is 16.3. The van der Waals surface area contributed by atoms with Crippen molar-refractivity contribution < 1.29 is 18.4 Å². The van der Waals surface area contributed by atoms with Crippen LogP contribution in [0.25, 0.3) is 11.1 Å². The molecule has 0 bridgehead atoms. The number of nitrogens with zero attached hydrogens (tertiary/aromatic N) is 7. The van der Waals surface area contributed by atoms with E-state index in [1.807, 2.05) is 15.9 Å². The minimum Gasteiger partial charge on any atom is -0.343 e. The molecule has 4 aliphatic heterocycles. The summed E-state index contributed by atoms with van der Waals surface area (Å²) in [6, 6.07) is 3.69. The average molecular weight is 621 g/mol. The summed E-state index contributed by atoms with van der Waals surface area (Å²) in [6.07, 6.45) is 6.30. The highest BCUT2D eigenvalue weighted by Crippen LogP contribution is 2.43. The monoisotopic (exact) mass is 620 g/mol. The van der Waals surface area contributed by atoms with Gasteiger partial charge in [-0.25, -0.2) is 8.78 Å². The van der Waals surface area contributed by atoms with Crippen LogP contribution in [0, 0.1) is 5.92 Å². The van der Waals surface area contributed by atoms with Crippen molar-refractivity contribution >= 4 is 23.3 Å². The Morgan fingerprint density at radius 2 is 1.87 bits per heavy atom. The molecule has 2 amide bonds. The van der Waals surface area contributed by atoms with Crippen molar-refractivity contribution in [2.24, 2.45) is 13.0 Å². The first-order valence-electron chi connectivity index (χ1n) is 16.3. The van der Waals surface area contributed by atoms with Gasteiger partial charge in [-0.1, -0.05) is 0 Å². The molecule has 7 rings (SSSR count). The second kappa shape index (κ2) is 12.2. The number of anilines is 2. The summed E-state index contributed by atoms with van der Waals surface area (Å²) in [7, 11) is 1.78. The number of aromatic nitrogens is 4. The third-order valence-corrected chi connectivity index (χ3v) is 10.2. The van der Waals surface area contributed by atoms with Crippen LogP contribution >= 0.6 is 0 Å². The Labute approximate surface area is 262 Å². The largest absolute Gasteiger partial charge is 0.343 e. The van der Waals surface area contributed by atoms with Gasteiger partial charge in [0.1, 0.15) is 0 Å². The zero-order valence-corrected chi connectivity index (χ0v) is 26.1. The summed E-state index contributed by atoms with van der Waals surface area (Å²) in [5, 5.41) is 12.7. The number of benzene rings is 1. The van der Waals surface area contributed by atoms with Gasteiger partial charge in [-0.05, 0) is 74.4 Å². The predicted molar refractivity (Wildman–Crippen MR) is 166 cm³/mol. The lowest BCUT2D eigenvalue weighted by Crippen LogP contribution is -2.43. The fourth-order valence-electron chi connectivity index (χ4n) is 7.47. The van der Waals surface area contributed by atoms with Gasteiger partial charge in [-0.3, -0.25) is 19.0 Å².